The SMILES string of the molecule is c1ccc(-c2cc(-c3ccc(-c4ccc(-c5ccc(-c6cc(-c7ccc8ccccc8c7)cc(-c7ccccn7)n6)nc5)cc4)cc3)nc(-c3ccccc3)n2)cc1. The van der Waals surface area contributed by atoms with Crippen LogP contribution in [0.1, 0.15) is 0 Å². The van der Waals surface area contributed by atoms with Gasteiger partial charge in [0.1, 0.15) is 0 Å². The smallest absolute Gasteiger partial charge is 0.160 e. The molecule has 0 fully saturated rings. The van der Waals surface area contributed by atoms with Crippen LogP contribution in [0, 0.1) is 0 Å². The molecule has 0 aliphatic heterocycles. The highest BCUT2D eigenvalue weighted by Crippen LogP contribution is 2.33. The van der Waals surface area contributed by atoms with Gasteiger partial charge in [-0.3, -0.25) is 9.97 Å². The van der Waals surface area contributed by atoms with E-state index >= 15 is 0 Å². The lowest BCUT2D eigenvalue weighted by Crippen LogP contribution is -1.95. The van der Waals surface area contributed by atoms with Crippen LogP contribution in [0.5, 0.6) is 0 Å². The standard InChI is InChI=1S/C53H35N5/c1-3-12-40(13-4-1)49-34-50(58-53(57-49)42-14-5-2-6-15-42)41-25-22-38(23-26-41)37-18-20-39(21-19-37)45-28-29-48(55-35-45)52-33-46(32-51(56-52)47-17-9-10-30-54-47)44-27-24-36-11-7-8-16-43(36)31-44/h1-35H. The van der Waals surface area contributed by atoms with Gasteiger partial charge in [0.05, 0.1) is 34.2 Å². The summed E-state index contributed by atoms with van der Waals surface area (Å²) in [5, 5.41) is 2.41. The van der Waals surface area contributed by atoms with Gasteiger partial charge in [0.2, 0.25) is 0 Å². The zero-order valence-electron chi connectivity index (χ0n) is 31.4. The average molecular weight is 742 g/mol. The van der Waals surface area contributed by atoms with Crippen LogP contribution in [-0.2, 0) is 0 Å². The van der Waals surface area contributed by atoms with Gasteiger partial charge in [-0.25, -0.2) is 15.0 Å². The Bertz CT molecular complexity index is 2950. The normalized spacial score (nSPS) is 11.1. The Morgan fingerprint density at radius 1 is 0.241 bits per heavy atom. The Morgan fingerprint density at radius 2 is 0.759 bits per heavy atom. The van der Waals surface area contributed by atoms with Crippen LogP contribution in [0.15, 0.2) is 213 Å². The monoisotopic (exact) mass is 741 g/mol. The first-order chi connectivity index (χ1) is 28.7. The molecule has 272 valence electrons. The molecule has 5 nitrogen and oxygen atoms in total. The predicted molar refractivity (Wildman–Crippen MR) is 236 cm³/mol. The van der Waals surface area contributed by atoms with Gasteiger partial charge in [-0.1, -0.05) is 158 Å². The molecule has 6 aromatic carbocycles. The van der Waals surface area contributed by atoms with Crippen LogP contribution in [-0.4, -0.2) is 24.9 Å². The van der Waals surface area contributed by atoms with Crippen molar-refractivity contribution >= 4 is 10.8 Å². The van der Waals surface area contributed by atoms with E-state index < -0.39 is 0 Å². The summed E-state index contributed by atoms with van der Waals surface area (Å²) in [6, 6.07) is 69.0. The molecule has 4 aromatic heterocycles. The second-order valence-electron chi connectivity index (χ2n) is 14.2. The van der Waals surface area contributed by atoms with E-state index in [1.807, 2.05) is 72.9 Å². The molecule has 0 spiro atoms. The minimum atomic E-state index is 0.708. The third kappa shape index (κ3) is 7.16. The fraction of sp³-hybridized carbons (Fsp3) is 0. The molecule has 0 bridgehead atoms. The summed E-state index contributed by atoms with van der Waals surface area (Å²) in [7, 11) is 0. The number of nitrogens with zero attached hydrogens (tertiary/aromatic N) is 5. The molecule has 0 atom stereocenters. The van der Waals surface area contributed by atoms with Crippen molar-refractivity contribution in [2.24, 2.45) is 0 Å². The first-order valence-electron chi connectivity index (χ1n) is 19.3. The minimum Gasteiger partial charge on any atom is -0.255 e. The van der Waals surface area contributed by atoms with Crippen molar-refractivity contribution in [1.29, 1.82) is 0 Å². The molecular weight excluding hydrogens is 707 g/mol. The van der Waals surface area contributed by atoms with Gasteiger partial charge in [0, 0.05) is 34.6 Å². The molecule has 58 heavy (non-hydrogen) atoms. The van der Waals surface area contributed by atoms with Gasteiger partial charge < -0.3 is 0 Å². The van der Waals surface area contributed by atoms with E-state index in [0.29, 0.717) is 5.82 Å². The maximum absolute atomic E-state index is 5.04. The van der Waals surface area contributed by atoms with Gasteiger partial charge in [0.25, 0.3) is 0 Å². The molecule has 5 heteroatoms. The Balaban J connectivity index is 0.913. The van der Waals surface area contributed by atoms with Crippen molar-refractivity contribution in [3.8, 4) is 90.1 Å². The highest BCUT2D eigenvalue weighted by Gasteiger charge is 2.13. The lowest BCUT2D eigenvalue weighted by molar-refractivity contribution is 1.18. The van der Waals surface area contributed by atoms with Crippen molar-refractivity contribution in [1.82, 2.24) is 24.9 Å². The van der Waals surface area contributed by atoms with Crippen LogP contribution in [0.4, 0.5) is 0 Å². The molecule has 0 saturated heterocycles. The highest BCUT2D eigenvalue weighted by atomic mass is 14.9. The van der Waals surface area contributed by atoms with Crippen molar-refractivity contribution in [2.75, 3.05) is 0 Å². The second-order valence-corrected chi connectivity index (χ2v) is 14.2. The van der Waals surface area contributed by atoms with Gasteiger partial charge >= 0.3 is 0 Å². The van der Waals surface area contributed by atoms with Gasteiger partial charge in [-0.15, -0.1) is 0 Å². The molecular formula is C53H35N5. The fourth-order valence-corrected chi connectivity index (χ4v) is 7.32. The third-order valence-electron chi connectivity index (χ3n) is 10.4. The van der Waals surface area contributed by atoms with E-state index in [-0.39, 0.29) is 0 Å². The highest BCUT2D eigenvalue weighted by molar-refractivity contribution is 5.88. The quantitative estimate of drug-likeness (QED) is 0.155. The van der Waals surface area contributed by atoms with Crippen molar-refractivity contribution < 1.29 is 0 Å². The van der Waals surface area contributed by atoms with E-state index in [9.17, 15) is 0 Å². The molecule has 0 radical (unpaired) electrons. The van der Waals surface area contributed by atoms with E-state index in [2.05, 4.69) is 138 Å². The van der Waals surface area contributed by atoms with E-state index in [1.165, 1.54) is 10.8 Å². The van der Waals surface area contributed by atoms with Gasteiger partial charge in [-0.2, -0.15) is 0 Å². The summed E-state index contributed by atoms with van der Waals surface area (Å²) in [5.41, 5.74) is 14.7. The van der Waals surface area contributed by atoms with Crippen LogP contribution in [0.3, 0.4) is 0 Å². The average Bonchev–Trinajstić information content (AvgIpc) is 3.32. The molecule has 0 saturated carbocycles. The van der Waals surface area contributed by atoms with E-state index in [0.717, 1.165) is 84.2 Å². The molecule has 0 aliphatic rings. The lowest BCUT2D eigenvalue weighted by atomic mass is 9.98. The maximum Gasteiger partial charge on any atom is 0.160 e. The van der Waals surface area contributed by atoms with Crippen molar-refractivity contribution in [3.63, 3.8) is 0 Å². The first-order valence-corrected chi connectivity index (χ1v) is 19.3. The van der Waals surface area contributed by atoms with Crippen molar-refractivity contribution in [2.45, 2.75) is 0 Å². The summed E-state index contributed by atoms with van der Waals surface area (Å²) in [6.07, 6.45) is 3.73. The molecule has 10 aromatic rings. The summed E-state index contributed by atoms with van der Waals surface area (Å²) in [5.74, 6) is 0.708. The summed E-state index contributed by atoms with van der Waals surface area (Å²) in [6.45, 7) is 0. The molecule has 0 aliphatic carbocycles. The molecule has 0 N–H and O–H groups in total. The first kappa shape index (κ1) is 34.6. The number of benzene rings is 6. The van der Waals surface area contributed by atoms with Crippen LogP contribution in [0.2, 0.25) is 0 Å². The largest absolute Gasteiger partial charge is 0.255 e. The van der Waals surface area contributed by atoms with Gasteiger partial charge in [0.15, 0.2) is 5.82 Å². The topological polar surface area (TPSA) is 64.5 Å². The van der Waals surface area contributed by atoms with Crippen LogP contribution in [0.25, 0.3) is 101 Å². The summed E-state index contributed by atoms with van der Waals surface area (Å²) in [4.78, 5) is 24.5. The second kappa shape index (κ2) is 15.3. The number of fused-ring (bicyclic) bond motifs is 1. The molecule has 10 rings (SSSR count). The molecule has 0 unspecified atom stereocenters. The Morgan fingerprint density at radius 3 is 1.38 bits per heavy atom. The van der Waals surface area contributed by atoms with Gasteiger partial charge in [-0.05, 0) is 81.1 Å². The Hall–Kier alpha value is -7.89. The summed E-state index contributed by atoms with van der Waals surface area (Å²) < 4.78 is 0. The number of hydrogen-bond acceptors (Lipinski definition) is 5. The number of aromatic nitrogens is 5. The van der Waals surface area contributed by atoms with Crippen LogP contribution >= 0.6 is 0 Å². The molecule has 4 heterocycles. The van der Waals surface area contributed by atoms with E-state index in [1.54, 1.807) is 6.20 Å². The maximum atomic E-state index is 5.04. The van der Waals surface area contributed by atoms with E-state index in [4.69, 9.17) is 19.9 Å². The summed E-state index contributed by atoms with van der Waals surface area (Å²) >= 11 is 0. The van der Waals surface area contributed by atoms with Crippen LogP contribution < -0.4 is 0 Å². The third-order valence-corrected chi connectivity index (χ3v) is 10.4. The Kier molecular flexibility index (Phi) is 9.14. The minimum absolute atomic E-state index is 0.708. The predicted octanol–water partition coefficient (Wildman–Crippen LogP) is 13.2. The fourth-order valence-electron chi connectivity index (χ4n) is 7.32. The van der Waals surface area contributed by atoms with Crippen molar-refractivity contribution in [3.05, 3.63) is 213 Å². The lowest BCUT2D eigenvalue weighted by Gasteiger charge is -2.11. The zero-order valence-corrected chi connectivity index (χ0v) is 31.4. The molecule has 0 amide bonds. The number of pyridine rings is 3. The number of rotatable bonds is 8. The Labute approximate surface area is 337 Å². The zero-order chi connectivity index (χ0) is 38.7. The number of hydrogen-bond donors (Lipinski definition) is 0.